The van der Waals surface area contributed by atoms with Crippen molar-refractivity contribution in [3.63, 3.8) is 0 Å². The van der Waals surface area contributed by atoms with Gasteiger partial charge in [0.2, 0.25) is 0 Å². The molecule has 17 heavy (non-hydrogen) atoms. The van der Waals surface area contributed by atoms with E-state index in [0.717, 1.165) is 6.42 Å². The Bertz CT molecular complexity index is 323. The Morgan fingerprint density at radius 1 is 1.65 bits per heavy atom. The third-order valence-corrected chi connectivity index (χ3v) is 3.51. The van der Waals surface area contributed by atoms with Crippen molar-refractivity contribution in [3.05, 3.63) is 0 Å². The lowest BCUT2D eigenvalue weighted by Gasteiger charge is -2.44. The molecule has 1 heterocycles. The fourth-order valence-corrected chi connectivity index (χ4v) is 2.29. The molecule has 0 bridgehead atoms. The van der Waals surface area contributed by atoms with Gasteiger partial charge in [0.1, 0.15) is 5.54 Å². The van der Waals surface area contributed by atoms with Gasteiger partial charge in [-0.25, -0.2) is 0 Å². The molecule has 0 aromatic rings. The number of hydrogen-bond acceptors (Lipinski definition) is 4. The molecule has 2 unspecified atom stereocenters. The van der Waals surface area contributed by atoms with Crippen LogP contribution in [0.25, 0.3) is 0 Å². The quantitative estimate of drug-likeness (QED) is 0.589. The average Bonchev–Trinajstić information content (AvgIpc) is 2.35. The molecule has 1 fully saturated rings. The van der Waals surface area contributed by atoms with Crippen molar-refractivity contribution in [1.82, 2.24) is 5.32 Å². The van der Waals surface area contributed by atoms with Crippen molar-refractivity contribution < 1.29 is 14.3 Å². The zero-order chi connectivity index (χ0) is 12.9. The summed E-state index contributed by atoms with van der Waals surface area (Å²) in [6.45, 7) is 4.96. The van der Waals surface area contributed by atoms with E-state index in [0.29, 0.717) is 26.0 Å². The Labute approximate surface area is 103 Å². The number of carbonyl (C=O) groups excluding carboxylic acids is 1. The first-order valence-corrected chi connectivity index (χ1v) is 5.93. The van der Waals surface area contributed by atoms with Gasteiger partial charge in [-0.3, -0.25) is 10.1 Å². The molecule has 4 heteroatoms. The molecular weight excluding hydrogens is 218 g/mol. The molecule has 0 radical (unpaired) electrons. The van der Waals surface area contributed by atoms with Crippen LogP contribution in [-0.4, -0.2) is 37.4 Å². The van der Waals surface area contributed by atoms with Crippen molar-refractivity contribution in [2.45, 2.75) is 44.2 Å². The number of esters is 1. The SMILES string of the molecule is C#CCNC1(C(=O)OC)CCOC(C)(CC)C1. The normalized spacial score (nSPS) is 32.8. The van der Waals surface area contributed by atoms with Gasteiger partial charge in [0.05, 0.1) is 19.3 Å². The summed E-state index contributed by atoms with van der Waals surface area (Å²) in [4.78, 5) is 12.0. The largest absolute Gasteiger partial charge is 0.468 e. The molecule has 1 saturated heterocycles. The Balaban J connectivity index is 2.90. The van der Waals surface area contributed by atoms with Crippen LogP contribution in [0.15, 0.2) is 0 Å². The fraction of sp³-hybridized carbons (Fsp3) is 0.769. The molecule has 0 spiro atoms. The Hall–Kier alpha value is -1.05. The van der Waals surface area contributed by atoms with Crippen molar-refractivity contribution in [2.24, 2.45) is 0 Å². The highest BCUT2D eigenvalue weighted by Crippen LogP contribution is 2.35. The standard InChI is InChI=1S/C13H21NO3/c1-5-8-14-13(11(15)16-4)7-9-17-12(3,6-2)10-13/h1,14H,6-10H2,2-4H3. The number of carbonyl (C=O) groups is 1. The molecule has 1 aliphatic rings. The highest BCUT2D eigenvalue weighted by Gasteiger charge is 2.48. The highest BCUT2D eigenvalue weighted by atomic mass is 16.5. The monoisotopic (exact) mass is 239 g/mol. The second-order valence-corrected chi connectivity index (χ2v) is 4.71. The second-order valence-electron chi connectivity index (χ2n) is 4.71. The van der Waals surface area contributed by atoms with Crippen LogP contribution in [0.1, 0.15) is 33.1 Å². The van der Waals surface area contributed by atoms with Gasteiger partial charge in [0.15, 0.2) is 0 Å². The minimum Gasteiger partial charge on any atom is -0.468 e. The van der Waals surface area contributed by atoms with E-state index in [2.05, 4.69) is 18.2 Å². The molecule has 96 valence electrons. The molecular formula is C13H21NO3. The lowest BCUT2D eigenvalue weighted by atomic mass is 9.79. The van der Waals surface area contributed by atoms with Gasteiger partial charge in [-0.05, 0) is 19.8 Å². The maximum Gasteiger partial charge on any atom is 0.326 e. The van der Waals surface area contributed by atoms with Crippen molar-refractivity contribution in [3.8, 4) is 12.3 Å². The minimum absolute atomic E-state index is 0.254. The van der Waals surface area contributed by atoms with Gasteiger partial charge in [-0.1, -0.05) is 12.8 Å². The first kappa shape index (κ1) is 14.0. The molecule has 0 aromatic carbocycles. The van der Waals surface area contributed by atoms with Crippen molar-refractivity contribution in [2.75, 3.05) is 20.3 Å². The van der Waals surface area contributed by atoms with E-state index in [1.54, 1.807) is 0 Å². The number of hydrogen-bond donors (Lipinski definition) is 1. The zero-order valence-electron chi connectivity index (χ0n) is 10.8. The van der Waals surface area contributed by atoms with Crippen LogP contribution in [0, 0.1) is 12.3 Å². The van der Waals surface area contributed by atoms with Crippen LogP contribution in [-0.2, 0) is 14.3 Å². The zero-order valence-corrected chi connectivity index (χ0v) is 10.8. The molecule has 1 aliphatic heterocycles. The Morgan fingerprint density at radius 3 is 2.88 bits per heavy atom. The van der Waals surface area contributed by atoms with Crippen molar-refractivity contribution in [1.29, 1.82) is 0 Å². The predicted molar refractivity (Wildman–Crippen MR) is 65.5 cm³/mol. The van der Waals surface area contributed by atoms with Gasteiger partial charge in [-0.2, -0.15) is 0 Å². The summed E-state index contributed by atoms with van der Waals surface area (Å²) < 4.78 is 10.6. The van der Waals surface area contributed by atoms with Gasteiger partial charge in [-0.15, -0.1) is 6.42 Å². The third-order valence-electron chi connectivity index (χ3n) is 3.51. The van der Waals surface area contributed by atoms with E-state index in [-0.39, 0.29) is 11.6 Å². The smallest absolute Gasteiger partial charge is 0.326 e. The summed E-state index contributed by atoms with van der Waals surface area (Å²) >= 11 is 0. The second kappa shape index (κ2) is 5.52. The number of rotatable bonds is 4. The molecule has 4 nitrogen and oxygen atoms in total. The first-order valence-electron chi connectivity index (χ1n) is 5.93. The summed E-state index contributed by atoms with van der Waals surface area (Å²) in [5.74, 6) is 2.25. The lowest BCUT2D eigenvalue weighted by Crippen LogP contribution is -2.60. The van der Waals surface area contributed by atoms with E-state index < -0.39 is 5.54 Å². The number of ether oxygens (including phenoxy) is 2. The summed E-state index contributed by atoms with van der Waals surface area (Å²) in [7, 11) is 1.40. The summed E-state index contributed by atoms with van der Waals surface area (Å²) in [5, 5.41) is 3.13. The average molecular weight is 239 g/mol. The van der Waals surface area contributed by atoms with Crippen LogP contribution < -0.4 is 5.32 Å². The fourth-order valence-electron chi connectivity index (χ4n) is 2.29. The third kappa shape index (κ3) is 2.99. The Kier molecular flexibility index (Phi) is 4.55. The lowest BCUT2D eigenvalue weighted by molar-refractivity contribution is -0.163. The van der Waals surface area contributed by atoms with E-state index in [1.807, 2.05) is 6.92 Å². The van der Waals surface area contributed by atoms with Gasteiger partial charge >= 0.3 is 5.97 Å². The van der Waals surface area contributed by atoms with Crippen LogP contribution in [0.4, 0.5) is 0 Å². The molecule has 0 saturated carbocycles. The number of terminal acetylenes is 1. The van der Waals surface area contributed by atoms with Crippen LogP contribution in [0.2, 0.25) is 0 Å². The summed E-state index contributed by atoms with van der Waals surface area (Å²) in [6.07, 6.45) is 7.28. The Morgan fingerprint density at radius 2 is 2.35 bits per heavy atom. The maximum atomic E-state index is 12.0. The molecule has 0 aliphatic carbocycles. The molecule has 2 atom stereocenters. The van der Waals surface area contributed by atoms with Crippen LogP contribution in [0.5, 0.6) is 0 Å². The minimum atomic E-state index is -0.704. The van der Waals surface area contributed by atoms with E-state index in [9.17, 15) is 4.79 Å². The molecule has 0 aromatic heterocycles. The maximum absolute atomic E-state index is 12.0. The first-order chi connectivity index (χ1) is 8.02. The van der Waals surface area contributed by atoms with Crippen molar-refractivity contribution >= 4 is 5.97 Å². The van der Waals surface area contributed by atoms with Gasteiger partial charge < -0.3 is 9.47 Å². The van der Waals surface area contributed by atoms with Gasteiger partial charge in [0, 0.05) is 13.0 Å². The van der Waals surface area contributed by atoms with Gasteiger partial charge in [0.25, 0.3) is 0 Å². The predicted octanol–water partition coefficient (Wildman–Crippen LogP) is 1.10. The van der Waals surface area contributed by atoms with E-state index in [1.165, 1.54) is 7.11 Å². The van der Waals surface area contributed by atoms with E-state index >= 15 is 0 Å². The molecule has 1 rings (SSSR count). The van der Waals surface area contributed by atoms with Crippen LogP contribution in [0.3, 0.4) is 0 Å². The molecule has 1 N–H and O–H groups in total. The number of nitrogens with one attached hydrogen (secondary N) is 1. The van der Waals surface area contributed by atoms with E-state index in [4.69, 9.17) is 15.9 Å². The summed E-state index contributed by atoms with van der Waals surface area (Å²) in [5.41, 5.74) is -1.00. The number of methoxy groups -OCH3 is 1. The molecule has 0 amide bonds. The highest BCUT2D eigenvalue weighted by molar-refractivity contribution is 5.81. The summed E-state index contributed by atoms with van der Waals surface area (Å²) in [6, 6.07) is 0. The topological polar surface area (TPSA) is 47.6 Å². The van der Waals surface area contributed by atoms with Crippen LogP contribution >= 0.6 is 0 Å².